The Morgan fingerprint density at radius 3 is 2.56 bits per heavy atom. The zero-order chi connectivity index (χ0) is 19.4. The van der Waals surface area contributed by atoms with E-state index in [4.69, 9.17) is 8.83 Å². The Morgan fingerprint density at radius 2 is 1.89 bits per heavy atom. The number of carbonyl (C=O) groups excluding carboxylic acids is 2. The Hall–Kier alpha value is -3.33. The molecule has 2 heterocycles. The molecule has 0 saturated heterocycles. The third-order valence-corrected chi connectivity index (χ3v) is 4.31. The van der Waals surface area contributed by atoms with E-state index in [-0.39, 0.29) is 27.2 Å². The van der Waals surface area contributed by atoms with Gasteiger partial charge in [0.2, 0.25) is 5.89 Å². The van der Waals surface area contributed by atoms with Crippen LogP contribution in [-0.4, -0.2) is 22.1 Å². The highest BCUT2D eigenvalue weighted by molar-refractivity contribution is 8.03. The number of hydrogen-bond donors (Lipinski definition) is 0. The number of furan rings is 1. The zero-order valence-corrected chi connectivity index (χ0v) is 14.8. The third kappa shape index (κ3) is 4.26. The van der Waals surface area contributed by atoms with E-state index in [0.29, 0.717) is 17.9 Å². The highest BCUT2D eigenvalue weighted by Crippen LogP contribution is 2.30. The monoisotopic (exact) mass is 384 g/mol. The van der Waals surface area contributed by atoms with Crippen LogP contribution in [0.25, 0.3) is 17.4 Å². The van der Waals surface area contributed by atoms with Crippen LogP contribution in [0, 0.1) is 0 Å². The minimum atomic E-state index is -1.44. The number of carbonyl (C=O) groups is 2. The van der Waals surface area contributed by atoms with Crippen LogP contribution in [0.3, 0.4) is 0 Å². The molecule has 0 unspecified atom stereocenters. The van der Waals surface area contributed by atoms with Gasteiger partial charge < -0.3 is 28.6 Å². The van der Waals surface area contributed by atoms with Crippen molar-refractivity contribution < 1.29 is 28.6 Å². The van der Waals surface area contributed by atoms with Gasteiger partial charge in [-0.25, -0.2) is 0 Å². The number of aliphatic carboxylic acids is 1. The number of rotatable bonds is 7. The molecule has 0 aliphatic heterocycles. The van der Waals surface area contributed by atoms with E-state index in [1.54, 1.807) is 18.2 Å². The normalized spacial score (nSPS) is 11.5. The molecule has 0 amide bonds. The van der Waals surface area contributed by atoms with Gasteiger partial charge in [-0.1, -0.05) is 31.2 Å². The number of aromatic nitrogens is 2. The molecule has 9 heteroatoms. The molecular weight excluding hydrogens is 372 g/mol. The number of thioether (sulfide) groups is 1. The number of carboxylic acid groups (broad SMARTS) is 2. The number of aromatic carboxylic acids is 1. The maximum absolute atomic E-state index is 11.4. The van der Waals surface area contributed by atoms with Crippen molar-refractivity contribution in [3.63, 3.8) is 0 Å². The molecule has 2 aromatic heterocycles. The van der Waals surface area contributed by atoms with Crippen molar-refractivity contribution in [3.8, 4) is 11.3 Å². The topological polar surface area (TPSA) is 132 Å². The molecule has 138 valence electrons. The standard InChI is InChI=1S/C18H14N2O6S/c1-2-15-19-20-18(26-15)27-14(17(23)24)9-10-7-8-13(25-10)11-5-3-4-6-12(11)16(21)22/h3-9H,2H2,1H3,(H,21,22)(H,23,24)/p-2/b14-9+. The van der Waals surface area contributed by atoms with Crippen LogP contribution < -0.4 is 10.2 Å². The fourth-order valence-electron chi connectivity index (χ4n) is 2.23. The first kappa shape index (κ1) is 18.5. The molecule has 0 spiro atoms. The minimum Gasteiger partial charge on any atom is -0.545 e. The lowest BCUT2D eigenvalue weighted by Crippen LogP contribution is -2.23. The first-order valence-electron chi connectivity index (χ1n) is 7.81. The molecule has 1 aromatic carbocycles. The maximum atomic E-state index is 11.4. The van der Waals surface area contributed by atoms with E-state index in [0.717, 1.165) is 11.8 Å². The van der Waals surface area contributed by atoms with Gasteiger partial charge in [-0.2, -0.15) is 0 Å². The molecule has 0 bridgehead atoms. The summed E-state index contributed by atoms with van der Waals surface area (Å²) in [5.41, 5.74) is 0.291. The smallest absolute Gasteiger partial charge is 0.281 e. The SMILES string of the molecule is CCc1nnc(S/C(=C/c2ccc(-c3ccccc3C(=O)[O-])o2)C(=O)[O-])o1. The Kier molecular flexibility index (Phi) is 5.41. The summed E-state index contributed by atoms with van der Waals surface area (Å²) >= 11 is 0.736. The lowest BCUT2D eigenvalue weighted by molar-refractivity contribution is -0.298. The van der Waals surface area contributed by atoms with Gasteiger partial charge in [0.15, 0.2) is 0 Å². The molecule has 0 aliphatic carbocycles. The summed E-state index contributed by atoms with van der Waals surface area (Å²) in [6.45, 7) is 1.83. The predicted octanol–water partition coefficient (Wildman–Crippen LogP) is 1.14. The summed E-state index contributed by atoms with van der Waals surface area (Å²) in [6, 6.07) is 9.23. The summed E-state index contributed by atoms with van der Waals surface area (Å²) in [6.07, 6.45) is 1.76. The van der Waals surface area contributed by atoms with Gasteiger partial charge in [-0.3, -0.25) is 0 Å². The summed E-state index contributed by atoms with van der Waals surface area (Å²) < 4.78 is 10.8. The van der Waals surface area contributed by atoms with E-state index in [9.17, 15) is 19.8 Å². The number of nitrogens with zero attached hydrogens (tertiary/aromatic N) is 2. The van der Waals surface area contributed by atoms with Gasteiger partial charge in [0.1, 0.15) is 11.5 Å². The van der Waals surface area contributed by atoms with E-state index < -0.39 is 11.9 Å². The molecule has 0 radical (unpaired) electrons. The second-order valence-corrected chi connectivity index (χ2v) is 6.24. The number of carboxylic acids is 2. The van der Waals surface area contributed by atoms with Gasteiger partial charge in [0.05, 0.1) is 11.9 Å². The molecule has 0 fully saturated rings. The van der Waals surface area contributed by atoms with Gasteiger partial charge in [-0.05, 0) is 30.0 Å². The maximum Gasteiger partial charge on any atom is 0.281 e. The first-order chi connectivity index (χ1) is 13.0. The van der Waals surface area contributed by atoms with Crippen LogP contribution in [0.2, 0.25) is 0 Å². The quantitative estimate of drug-likeness (QED) is 0.434. The second-order valence-electron chi connectivity index (χ2n) is 5.25. The molecular formula is C18H12N2O6S-2. The zero-order valence-electron chi connectivity index (χ0n) is 14.0. The van der Waals surface area contributed by atoms with Crippen LogP contribution in [0.15, 0.2) is 55.4 Å². The van der Waals surface area contributed by atoms with E-state index in [1.165, 1.54) is 24.3 Å². The van der Waals surface area contributed by atoms with Crippen molar-refractivity contribution >= 4 is 29.8 Å². The Bertz CT molecular complexity index is 1020. The largest absolute Gasteiger partial charge is 0.545 e. The summed E-state index contributed by atoms with van der Waals surface area (Å²) in [4.78, 5) is 22.4. The molecule has 0 aliphatic rings. The van der Waals surface area contributed by atoms with Crippen molar-refractivity contribution in [1.29, 1.82) is 0 Å². The lowest BCUT2D eigenvalue weighted by atomic mass is 10.1. The summed E-state index contributed by atoms with van der Waals surface area (Å²) in [5.74, 6) is -1.94. The van der Waals surface area contributed by atoms with Gasteiger partial charge in [0, 0.05) is 22.5 Å². The highest BCUT2D eigenvalue weighted by atomic mass is 32.2. The van der Waals surface area contributed by atoms with Crippen LogP contribution >= 0.6 is 11.8 Å². The highest BCUT2D eigenvalue weighted by Gasteiger charge is 2.13. The Labute approximate surface area is 157 Å². The molecule has 27 heavy (non-hydrogen) atoms. The number of hydrogen-bond acceptors (Lipinski definition) is 9. The molecule has 8 nitrogen and oxygen atoms in total. The predicted molar refractivity (Wildman–Crippen MR) is 91.0 cm³/mol. The van der Waals surface area contributed by atoms with E-state index in [2.05, 4.69) is 10.2 Å². The Morgan fingerprint density at radius 1 is 1.11 bits per heavy atom. The van der Waals surface area contributed by atoms with Crippen LogP contribution in [0.5, 0.6) is 0 Å². The first-order valence-corrected chi connectivity index (χ1v) is 8.63. The Balaban J connectivity index is 1.90. The average Bonchev–Trinajstić information content (AvgIpc) is 3.30. The average molecular weight is 384 g/mol. The van der Waals surface area contributed by atoms with Crippen molar-refractivity contribution in [2.45, 2.75) is 18.6 Å². The molecule has 0 saturated carbocycles. The van der Waals surface area contributed by atoms with Crippen molar-refractivity contribution in [2.75, 3.05) is 0 Å². The molecule has 0 atom stereocenters. The van der Waals surface area contributed by atoms with Crippen LogP contribution in [-0.2, 0) is 11.2 Å². The van der Waals surface area contributed by atoms with Gasteiger partial charge in [0.25, 0.3) is 5.22 Å². The van der Waals surface area contributed by atoms with Crippen LogP contribution in [0.4, 0.5) is 0 Å². The summed E-state index contributed by atoms with van der Waals surface area (Å²) in [5, 5.41) is 30.2. The number of benzene rings is 1. The second kappa shape index (κ2) is 7.92. The minimum absolute atomic E-state index is 0.0326. The molecule has 3 aromatic rings. The summed E-state index contributed by atoms with van der Waals surface area (Å²) in [7, 11) is 0. The molecule has 0 N–H and O–H groups in total. The van der Waals surface area contributed by atoms with Gasteiger partial charge in [-0.15, -0.1) is 10.2 Å². The van der Waals surface area contributed by atoms with E-state index >= 15 is 0 Å². The van der Waals surface area contributed by atoms with E-state index in [1.807, 2.05) is 6.92 Å². The fraction of sp³-hybridized carbons (Fsp3) is 0.111. The van der Waals surface area contributed by atoms with Crippen molar-refractivity contribution in [1.82, 2.24) is 10.2 Å². The van der Waals surface area contributed by atoms with Crippen molar-refractivity contribution in [2.24, 2.45) is 0 Å². The van der Waals surface area contributed by atoms with Gasteiger partial charge >= 0.3 is 0 Å². The lowest BCUT2D eigenvalue weighted by Gasteiger charge is -2.07. The third-order valence-electron chi connectivity index (χ3n) is 3.46. The van der Waals surface area contributed by atoms with Crippen molar-refractivity contribution in [3.05, 3.63) is 58.5 Å². The molecule has 3 rings (SSSR count). The fourth-order valence-corrected chi connectivity index (χ4v) is 2.89. The van der Waals surface area contributed by atoms with Crippen LogP contribution in [0.1, 0.15) is 28.9 Å². The number of aryl methyl sites for hydroxylation is 1.